The van der Waals surface area contributed by atoms with Gasteiger partial charge in [0.25, 0.3) is 0 Å². The lowest BCUT2D eigenvalue weighted by atomic mass is 9.97. The number of rotatable bonds is 5. The van der Waals surface area contributed by atoms with E-state index in [-0.39, 0.29) is 0 Å². The lowest BCUT2D eigenvalue weighted by Gasteiger charge is -2.36. The van der Waals surface area contributed by atoms with E-state index >= 15 is 0 Å². The number of nitrogens with one attached hydrogen (secondary N) is 1. The summed E-state index contributed by atoms with van der Waals surface area (Å²) in [7, 11) is 1.91. The molecule has 116 valence electrons. The molecule has 5 heteroatoms. The summed E-state index contributed by atoms with van der Waals surface area (Å²) >= 11 is 0. The van der Waals surface area contributed by atoms with E-state index in [0.717, 1.165) is 36.7 Å². The van der Waals surface area contributed by atoms with Crippen molar-refractivity contribution in [2.45, 2.75) is 38.1 Å². The Morgan fingerprint density at radius 3 is 3.05 bits per heavy atom. The van der Waals surface area contributed by atoms with Gasteiger partial charge in [-0.25, -0.2) is 15.0 Å². The molecule has 0 unspecified atom stereocenters. The molecule has 0 aliphatic carbocycles. The minimum Gasteiger partial charge on any atom is -0.373 e. The van der Waals surface area contributed by atoms with Crippen LogP contribution in [0.5, 0.6) is 0 Å². The number of pyridine rings is 1. The molecular weight excluding hydrogens is 274 g/mol. The minimum atomic E-state index is 0.545. The van der Waals surface area contributed by atoms with Crippen molar-refractivity contribution in [1.29, 1.82) is 0 Å². The van der Waals surface area contributed by atoms with E-state index in [1.54, 1.807) is 6.33 Å². The molecule has 3 heterocycles. The van der Waals surface area contributed by atoms with Crippen LogP contribution < -0.4 is 10.2 Å². The molecule has 3 rings (SSSR count). The molecule has 1 fully saturated rings. The molecule has 0 saturated carbocycles. The molecular formula is C17H23N5. The first-order chi connectivity index (χ1) is 10.9. The Kier molecular flexibility index (Phi) is 4.83. The van der Waals surface area contributed by atoms with Crippen molar-refractivity contribution in [2.75, 3.05) is 23.8 Å². The summed E-state index contributed by atoms with van der Waals surface area (Å²) in [6.45, 7) is 1.09. The van der Waals surface area contributed by atoms with E-state index in [4.69, 9.17) is 0 Å². The number of nitrogens with zero attached hydrogens (tertiary/aromatic N) is 4. The quantitative estimate of drug-likeness (QED) is 0.919. The summed E-state index contributed by atoms with van der Waals surface area (Å²) in [5.41, 5.74) is 1.15. The second-order valence-corrected chi connectivity index (χ2v) is 5.71. The zero-order valence-corrected chi connectivity index (χ0v) is 13.1. The highest BCUT2D eigenvalue weighted by atomic mass is 15.2. The zero-order chi connectivity index (χ0) is 15.2. The van der Waals surface area contributed by atoms with Crippen molar-refractivity contribution in [3.63, 3.8) is 0 Å². The zero-order valence-electron chi connectivity index (χ0n) is 13.1. The van der Waals surface area contributed by atoms with Crippen LogP contribution in [0.2, 0.25) is 0 Å². The van der Waals surface area contributed by atoms with Gasteiger partial charge in [0, 0.05) is 31.5 Å². The third-order valence-electron chi connectivity index (χ3n) is 4.28. The first kappa shape index (κ1) is 14.8. The molecule has 0 aromatic carbocycles. The van der Waals surface area contributed by atoms with E-state index in [1.165, 1.54) is 19.3 Å². The van der Waals surface area contributed by atoms with Gasteiger partial charge in [0.1, 0.15) is 18.0 Å². The summed E-state index contributed by atoms with van der Waals surface area (Å²) in [5.74, 6) is 1.99. The molecule has 0 bridgehead atoms. The molecule has 0 spiro atoms. The van der Waals surface area contributed by atoms with Gasteiger partial charge in [-0.2, -0.15) is 0 Å². The molecule has 2 aromatic heterocycles. The van der Waals surface area contributed by atoms with Gasteiger partial charge in [-0.15, -0.1) is 0 Å². The molecule has 0 amide bonds. The number of piperidine rings is 1. The largest absolute Gasteiger partial charge is 0.373 e. The smallest absolute Gasteiger partial charge is 0.132 e. The Morgan fingerprint density at radius 2 is 2.23 bits per heavy atom. The van der Waals surface area contributed by atoms with Crippen LogP contribution in [-0.2, 0) is 6.42 Å². The van der Waals surface area contributed by atoms with Crippen LogP contribution >= 0.6 is 0 Å². The van der Waals surface area contributed by atoms with Crippen LogP contribution in [-0.4, -0.2) is 34.6 Å². The van der Waals surface area contributed by atoms with Crippen LogP contribution in [0.1, 0.15) is 31.4 Å². The second kappa shape index (κ2) is 7.20. The van der Waals surface area contributed by atoms with E-state index in [1.807, 2.05) is 25.4 Å². The lowest BCUT2D eigenvalue weighted by Crippen LogP contribution is -2.40. The van der Waals surface area contributed by atoms with E-state index in [2.05, 4.69) is 37.3 Å². The summed E-state index contributed by atoms with van der Waals surface area (Å²) in [4.78, 5) is 15.5. The second-order valence-electron chi connectivity index (χ2n) is 5.71. The fourth-order valence-corrected chi connectivity index (χ4v) is 3.13. The van der Waals surface area contributed by atoms with Crippen LogP contribution in [0.15, 0.2) is 36.8 Å². The summed E-state index contributed by atoms with van der Waals surface area (Å²) in [6.07, 6.45) is 9.36. The SMILES string of the molecule is CNc1cccc(CC[C@@H]2CCCCN2c2ccncn2)n1. The highest BCUT2D eigenvalue weighted by Crippen LogP contribution is 2.25. The van der Waals surface area contributed by atoms with Crippen molar-refractivity contribution >= 4 is 11.6 Å². The average Bonchev–Trinajstić information content (AvgIpc) is 2.61. The summed E-state index contributed by atoms with van der Waals surface area (Å²) in [6, 6.07) is 8.73. The standard InChI is InChI=1S/C17H23N5/c1-18-16-7-4-5-14(21-16)8-9-15-6-2-3-12-22(15)17-10-11-19-13-20-17/h4-5,7,10-11,13,15H,2-3,6,8-9,12H2,1H3,(H,18,21)/t15-/m0/s1. The summed E-state index contributed by atoms with van der Waals surface area (Å²) < 4.78 is 0. The Labute approximate surface area is 131 Å². The van der Waals surface area contributed by atoms with Crippen molar-refractivity contribution in [3.05, 3.63) is 42.5 Å². The topological polar surface area (TPSA) is 53.9 Å². The number of hydrogen-bond acceptors (Lipinski definition) is 5. The first-order valence-corrected chi connectivity index (χ1v) is 8.03. The predicted octanol–water partition coefficient (Wildman–Crippen LogP) is 2.91. The molecule has 2 aromatic rings. The van der Waals surface area contributed by atoms with Crippen LogP contribution in [0.4, 0.5) is 11.6 Å². The Morgan fingerprint density at radius 1 is 1.27 bits per heavy atom. The molecule has 1 aliphatic rings. The fourth-order valence-electron chi connectivity index (χ4n) is 3.13. The van der Waals surface area contributed by atoms with Gasteiger partial charge < -0.3 is 10.2 Å². The van der Waals surface area contributed by atoms with Crippen molar-refractivity contribution in [2.24, 2.45) is 0 Å². The van der Waals surface area contributed by atoms with Gasteiger partial charge in [0.05, 0.1) is 0 Å². The van der Waals surface area contributed by atoms with E-state index in [9.17, 15) is 0 Å². The van der Waals surface area contributed by atoms with Crippen LogP contribution in [0.3, 0.4) is 0 Å². The van der Waals surface area contributed by atoms with Gasteiger partial charge in [-0.05, 0) is 50.3 Å². The molecule has 5 nitrogen and oxygen atoms in total. The van der Waals surface area contributed by atoms with Gasteiger partial charge >= 0.3 is 0 Å². The maximum absolute atomic E-state index is 4.62. The number of aromatic nitrogens is 3. The van der Waals surface area contributed by atoms with Gasteiger partial charge in [-0.3, -0.25) is 0 Å². The minimum absolute atomic E-state index is 0.545. The van der Waals surface area contributed by atoms with Crippen molar-refractivity contribution < 1.29 is 0 Å². The fraction of sp³-hybridized carbons (Fsp3) is 0.471. The molecule has 1 N–H and O–H groups in total. The molecule has 1 aliphatic heterocycles. The van der Waals surface area contributed by atoms with Gasteiger partial charge in [0.15, 0.2) is 0 Å². The number of anilines is 2. The Balaban J connectivity index is 1.66. The Hall–Kier alpha value is -2.17. The number of aryl methyl sites for hydroxylation is 1. The van der Waals surface area contributed by atoms with E-state index < -0.39 is 0 Å². The van der Waals surface area contributed by atoms with Crippen molar-refractivity contribution in [3.8, 4) is 0 Å². The lowest BCUT2D eigenvalue weighted by molar-refractivity contribution is 0.433. The monoisotopic (exact) mass is 297 g/mol. The molecule has 1 atom stereocenters. The third kappa shape index (κ3) is 3.53. The molecule has 0 radical (unpaired) electrons. The maximum atomic E-state index is 4.62. The predicted molar refractivity (Wildman–Crippen MR) is 89.1 cm³/mol. The normalized spacial score (nSPS) is 18.2. The number of hydrogen-bond donors (Lipinski definition) is 1. The summed E-state index contributed by atoms with van der Waals surface area (Å²) in [5, 5.41) is 3.10. The van der Waals surface area contributed by atoms with Gasteiger partial charge in [0.2, 0.25) is 0 Å². The highest BCUT2D eigenvalue weighted by Gasteiger charge is 2.23. The first-order valence-electron chi connectivity index (χ1n) is 8.03. The van der Waals surface area contributed by atoms with Crippen molar-refractivity contribution in [1.82, 2.24) is 15.0 Å². The molecule has 22 heavy (non-hydrogen) atoms. The third-order valence-corrected chi connectivity index (χ3v) is 4.28. The van der Waals surface area contributed by atoms with Crippen LogP contribution in [0.25, 0.3) is 0 Å². The Bertz CT molecular complexity index is 587. The van der Waals surface area contributed by atoms with Crippen LogP contribution in [0, 0.1) is 0 Å². The van der Waals surface area contributed by atoms with Gasteiger partial charge in [-0.1, -0.05) is 6.07 Å². The maximum Gasteiger partial charge on any atom is 0.132 e. The highest BCUT2D eigenvalue weighted by molar-refractivity contribution is 5.39. The van der Waals surface area contributed by atoms with E-state index in [0.29, 0.717) is 6.04 Å². The average molecular weight is 297 g/mol. The molecule has 1 saturated heterocycles.